The largest absolute Gasteiger partial charge is 0.342 e. The van der Waals surface area contributed by atoms with Crippen molar-refractivity contribution in [1.82, 2.24) is 14.8 Å². The molecule has 2 aromatic rings. The zero-order chi connectivity index (χ0) is 18.8. The number of halogens is 1. The third-order valence-corrected chi connectivity index (χ3v) is 5.62. The van der Waals surface area contributed by atoms with Crippen LogP contribution < -0.4 is 0 Å². The molecule has 4 rings (SSSR count). The smallest absolute Gasteiger partial charge is 0.206 e. The second-order valence-electron chi connectivity index (χ2n) is 7.03. The number of benzene rings is 1. The lowest BCUT2D eigenvalue weighted by Crippen LogP contribution is -2.47. The van der Waals surface area contributed by atoms with Crippen molar-refractivity contribution in [2.45, 2.75) is 18.8 Å². The van der Waals surface area contributed by atoms with Gasteiger partial charge in [-0.3, -0.25) is 4.98 Å². The molecule has 0 spiro atoms. The summed E-state index contributed by atoms with van der Waals surface area (Å²) in [7, 11) is 2.03. The lowest BCUT2D eigenvalue weighted by atomic mass is 9.90. The Labute approximate surface area is 165 Å². The Morgan fingerprint density at radius 2 is 1.93 bits per heavy atom. The molecule has 138 valence electrons. The fourth-order valence-corrected chi connectivity index (χ4v) is 4.06. The van der Waals surface area contributed by atoms with E-state index in [1.165, 1.54) is 5.56 Å². The Hall–Kier alpha value is -2.59. The van der Waals surface area contributed by atoms with Gasteiger partial charge in [-0.05, 0) is 42.7 Å². The molecule has 1 aromatic carbocycles. The standard InChI is InChI=1S/C22H23ClN4/c1-16-14-21(17-9-11-24-12-10-17)25-22(26(16)2)27-13-5-6-18(15-27)19-7-3-4-8-20(19)23/h3-4,7-12,14,18H,1,5-6,13,15H2,2H3/t18-/m1/s1. The molecule has 0 saturated carbocycles. The SMILES string of the molecule is C=C1C=C(c2ccncc2)N=C(N2CCC[C@@H](c3ccccc3Cl)C2)N1C. The van der Waals surface area contributed by atoms with Crippen molar-refractivity contribution in [3.8, 4) is 0 Å². The number of allylic oxidation sites excluding steroid dienone is 1. The molecule has 1 saturated heterocycles. The highest BCUT2D eigenvalue weighted by Gasteiger charge is 2.28. The molecular weight excluding hydrogens is 356 g/mol. The average molecular weight is 379 g/mol. The summed E-state index contributed by atoms with van der Waals surface area (Å²) < 4.78 is 0. The highest BCUT2D eigenvalue weighted by Crippen LogP contribution is 2.33. The molecule has 1 fully saturated rings. The van der Waals surface area contributed by atoms with Crippen LogP contribution in [0.3, 0.4) is 0 Å². The normalized spacial score (nSPS) is 20.4. The number of hydrogen-bond acceptors (Lipinski definition) is 4. The second-order valence-corrected chi connectivity index (χ2v) is 7.44. The van der Waals surface area contributed by atoms with Crippen LogP contribution in [0.1, 0.15) is 29.9 Å². The summed E-state index contributed by atoms with van der Waals surface area (Å²) in [5, 5.41) is 0.852. The first-order valence-electron chi connectivity index (χ1n) is 9.26. The maximum atomic E-state index is 6.46. The summed E-state index contributed by atoms with van der Waals surface area (Å²) in [5.41, 5.74) is 4.14. The monoisotopic (exact) mass is 378 g/mol. The zero-order valence-electron chi connectivity index (χ0n) is 15.5. The van der Waals surface area contributed by atoms with E-state index in [4.69, 9.17) is 16.6 Å². The van der Waals surface area contributed by atoms with E-state index in [2.05, 4.69) is 33.5 Å². The van der Waals surface area contributed by atoms with Crippen molar-refractivity contribution in [3.05, 3.63) is 83.3 Å². The van der Waals surface area contributed by atoms with Gasteiger partial charge in [0.2, 0.25) is 5.96 Å². The minimum atomic E-state index is 0.409. The van der Waals surface area contributed by atoms with Gasteiger partial charge >= 0.3 is 0 Å². The Morgan fingerprint density at radius 3 is 2.70 bits per heavy atom. The number of guanidine groups is 1. The number of piperidine rings is 1. The minimum absolute atomic E-state index is 0.409. The van der Waals surface area contributed by atoms with Crippen LogP contribution in [0.4, 0.5) is 0 Å². The predicted octanol–water partition coefficient (Wildman–Crippen LogP) is 4.77. The van der Waals surface area contributed by atoms with Crippen molar-refractivity contribution in [2.24, 2.45) is 4.99 Å². The quantitative estimate of drug-likeness (QED) is 0.754. The van der Waals surface area contributed by atoms with Crippen molar-refractivity contribution < 1.29 is 0 Å². The first-order chi connectivity index (χ1) is 13.1. The van der Waals surface area contributed by atoms with Gasteiger partial charge in [0, 0.05) is 54.7 Å². The summed E-state index contributed by atoms with van der Waals surface area (Å²) in [6.07, 6.45) is 7.87. The molecule has 0 amide bonds. The number of likely N-dealkylation sites (tertiary alicyclic amines) is 1. The van der Waals surface area contributed by atoms with E-state index in [-0.39, 0.29) is 0 Å². The molecule has 0 aliphatic carbocycles. The van der Waals surface area contributed by atoms with Gasteiger partial charge in [-0.1, -0.05) is 36.4 Å². The van der Waals surface area contributed by atoms with Crippen molar-refractivity contribution in [3.63, 3.8) is 0 Å². The number of rotatable bonds is 2. The first-order valence-corrected chi connectivity index (χ1v) is 9.64. The highest BCUT2D eigenvalue weighted by molar-refractivity contribution is 6.31. The lowest BCUT2D eigenvalue weighted by Gasteiger charge is -2.40. The number of likely N-dealkylation sites (N-methyl/N-ethyl adjacent to an activating group) is 1. The number of aliphatic imine (C=N–C) groups is 1. The summed E-state index contributed by atoms with van der Waals surface area (Å²) in [6.45, 7) is 6.11. The van der Waals surface area contributed by atoms with E-state index < -0.39 is 0 Å². The van der Waals surface area contributed by atoms with E-state index in [0.717, 1.165) is 53.9 Å². The van der Waals surface area contributed by atoms with Crippen LogP contribution >= 0.6 is 11.6 Å². The van der Waals surface area contributed by atoms with Crippen molar-refractivity contribution in [2.75, 3.05) is 20.1 Å². The molecule has 0 radical (unpaired) electrons. The Kier molecular flexibility index (Phi) is 4.99. The first kappa shape index (κ1) is 17.8. The van der Waals surface area contributed by atoms with Crippen LogP contribution in [0.15, 0.2) is 72.1 Å². The van der Waals surface area contributed by atoms with E-state index in [0.29, 0.717) is 5.92 Å². The fourth-order valence-electron chi connectivity index (χ4n) is 3.77. The molecule has 3 heterocycles. The second kappa shape index (κ2) is 7.57. The van der Waals surface area contributed by atoms with E-state index in [1.807, 2.05) is 37.4 Å². The molecule has 1 atom stereocenters. The van der Waals surface area contributed by atoms with Gasteiger partial charge in [0.05, 0.1) is 5.70 Å². The van der Waals surface area contributed by atoms with Crippen LogP contribution in [0, 0.1) is 0 Å². The fraction of sp³-hybridized carbons (Fsp3) is 0.273. The minimum Gasteiger partial charge on any atom is -0.342 e. The Balaban J connectivity index is 1.63. The molecule has 0 bridgehead atoms. The van der Waals surface area contributed by atoms with Gasteiger partial charge in [-0.25, -0.2) is 4.99 Å². The highest BCUT2D eigenvalue weighted by atomic mass is 35.5. The number of aromatic nitrogens is 1. The number of nitrogens with zero attached hydrogens (tertiary/aromatic N) is 4. The van der Waals surface area contributed by atoms with Crippen molar-refractivity contribution in [1.29, 1.82) is 0 Å². The van der Waals surface area contributed by atoms with Crippen LogP contribution in [0.2, 0.25) is 5.02 Å². The molecule has 5 heteroatoms. The predicted molar refractivity (Wildman–Crippen MR) is 112 cm³/mol. The third-order valence-electron chi connectivity index (χ3n) is 5.28. The number of pyridine rings is 1. The van der Waals surface area contributed by atoms with E-state index in [1.54, 1.807) is 12.4 Å². The average Bonchev–Trinajstić information content (AvgIpc) is 2.71. The molecule has 27 heavy (non-hydrogen) atoms. The van der Waals surface area contributed by atoms with Gasteiger partial charge < -0.3 is 9.80 Å². The summed E-state index contributed by atoms with van der Waals surface area (Å²) in [4.78, 5) is 13.5. The Morgan fingerprint density at radius 1 is 1.15 bits per heavy atom. The summed E-state index contributed by atoms with van der Waals surface area (Å²) in [6, 6.07) is 12.1. The molecular formula is C22H23ClN4. The molecule has 2 aliphatic heterocycles. The zero-order valence-corrected chi connectivity index (χ0v) is 16.2. The molecule has 1 aromatic heterocycles. The topological polar surface area (TPSA) is 31.7 Å². The van der Waals surface area contributed by atoms with Gasteiger partial charge in [0.25, 0.3) is 0 Å². The third kappa shape index (κ3) is 3.62. The summed E-state index contributed by atoms with van der Waals surface area (Å²) in [5.74, 6) is 1.36. The van der Waals surface area contributed by atoms with Crippen LogP contribution in [0.25, 0.3) is 5.70 Å². The number of hydrogen-bond donors (Lipinski definition) is 0. The van der Waals surface area contributed by atoms with Gasteiger partial charge in [-0.15, -0.1) is 0 Å². The van der Waals surface area contributed by atoms with Crippen molar-refractivity contribution >= 4 is 23.3 Å². The molecule has 0 unspecified atom stereocenters. The van der Waals surface area contributed by atoms with Gasteiger partial charge in [0.1, 0.15) is 0 Å². The van der Waals surface area contributed by atoms with Gasteiger partial charge in [0.15, 0.2) is 0 Å². The van der Waals surface area contributed by atoms with Crippen LogP contribution in [-0.4, -0.2) is 40.9 Å². The van der Waals surface area contributed by atoms with E-state index in [9.17, 15) is 0 Å². The van der Waals surface area contributed by atoms with Crippen LogP contribution in [0.5, 0.6) is 0 Å². The molecule has 0 N–H and O–H groups in total. The van der Waals surface area contributed by atoms with Crippen LogP contribution in [-0.2, 0) is 0 Å². The van der Waals surface area contributed by atoms with Gasteiger partial charge in [-0.2, -0.15) is 0 Å². The van der Waals surface area contributed by atoms with E-state index >= 15 is 0 Å². The maximum absolute atomic E-state index is 6.46. The maximum Gasteiger partial charge on any atom is 0.206 e. The lowest BCUT2D eigenvalue weighted by molar-refractivity contribution is 0.284. The Bertz CT molecular complexity index is 904. The molecule has 2 aliphatic rings. The summed E-state index contributed by atoms with van der Waals surface area (Å²) >= 11 is 6.46. The molecule has 4 nitrogen and oxygen atoms in total.